The second-order valence-electron chi connectivity index (χ2n) is 4.05. The molecule has 0 saturated carbocycles. The van der Waals surface area contributed by atoms with Crippen molar-refractivity contribution in [2.75, 3.05) is 0 Å². The molecule has 0 aliphatic carbocycles. The summed E-state index contributed by atoms with van der Waals surface area (Å²) < 4.78 is 0. The molecule has 2 aromatic carbocycles. The van der Waals surface area contributed by atoms with E-state index >= 15 is 0 Å². The Hall–Kier alpha value is -1.84. The Morgan fingerprint density at radius 2 is 1.63 bits per heavy atom. The van der Waals surface area contributed by atoms with Crippen LogP contribution in [0.15, 0.2) is 42.5 Å². The standard InChI is InChI=1S/C14H8Cl2N2O/c15-11-7-8(5-6-12(11)19)13-9-3-1-2-4-10(9)14(16)18-17-13/h1-7,19H. The Morgan fingerprint density at radius 3 is 2.37 bits per heavy atom. The van der Waals surface area contributed by atoms with Crippen LogP contribution in [0.25, 0.3) is 22.0 Å². The summed E-state index contributed by atoms with van der Waals surface area (Å²) in [7, 11) is 0. The molecule has 0 bridgehead atoms. The van der Waals surface area contributed by atoms with E-state index in [1.807, 2.05) is 24.3 Å². The highest BCUT2D eigenvalue weighted by Gasteiger charge is 2.10. The van der Waals surface area contributed by atoms with Crippen molar-refractivity contribution < 1.29 is 5.11 Å². The number of phenols is 1. The van der Waals surface area contributed by atoms with E-state index in [-0.39, 0.29) is 10.8 Å². The van der Waals surface area contributed by atoms with Gasteiger partial charge in [-0.1, -0.05) is 47.5 Å². The molecular formula is C14H8Cl2N2O. The quantitative estimate of drug-likeness (QED) is 0.726. The summed E-state index contributed by atoms with van der Waals surface area (Å²) in [6.07, 6.45) is 0. The van der Waals surface area contributed by atoms with Crippen LogP contribution in [0.4, 0.5) is 0 Å². The summed E-state index contributed by atoms with van der Waals surface area (Å²) >= 11 is 12.0. The van der Waals surface area contributed by atoms with Crippen LogP contribution in [0.5, 0.6) is 5.75 Å². The fourth-order valence-corrected chi connectivity index (χ4v) is 2.32. The van der Waals surface area contributed by atoms with E-state index in [2.05, 4.69) is 10.2 Å². The van der Waals surface area contributed by atoms with Crippen molar-refractivity contribution in [3.05, 3.63) is 52.6 Å². The lowest BCUT2D eigenvalue weighted by Crippen LogP contribution is -1.91. The Kier molecular flexibility index (Phi) is 3.01. The minimum Gasteiger partial charge on any atom is -0.506 e. The van der Waals surface area contributed by atoms with Crippen LogP contribution in [0.1, 0.15) is 0 Å². The molecule has 1 aromatic heterocycles. The van der Waals surface area contributed by atoms with Crippen LogP contribution in [0, 0.1) is 0 Å². The molecule has 0 amide bonds. The van der Waals surface area contributed by atoms with Crippen LogP contribution in [-0.4, -0.2) is 15.3 Å². The van der Waals surface area contributed by atoms with Gasteiger partial charge in [-0.2, -0.15) is 0 Å². The van der Waals surface area contributed by atoms with E-state index in [9.17, 15) is 5.11 Å². The third-order valence-electron chi connectivity index (χ3n) is 2.86. The number of benzene rings is 2. The SMILES string of the molecule is Oc1ccc(-c2nnc(Cl)c3ccccc23)cc1Cl. The summed E-state index contributed by atoms with van der Waals surface area (Å²) in [6.45, 7) is 0. The summed E-state index contributed by atoms with van der Waals surface area (Å²) in [5.74, 6) is 0.0386. The van der Waals surface area contributed by atoms with Crippen molar-refractivity contribution in [3.63, 3.8) is 0 Å². The Labute approximate surface area is 119 Å². The van der Waals surface area contributed by atoms with Crippen molar-refractivity contribution in [2.24, 2.45) is 0 Å². The van der Waals surface area contributed by atoms with Crippen molar-refractivity contribution >= 4 is 34.0 Å². The number of halogens is 2. The molecule has 0 spiro atoms. The number of aromatic hydroxyl groups is 1. The van der Waals surface area contributed by atoms with Gasteiger partial charge < -0.3 is 5.11 Å². The molecule has 0 unspecified atom stereocenters. The fourth-order valence-electron chi connectivity index (χ4n) is 1.94. The van der Waals surface area contributed by atoms with E-state index in [1.54, 1.807) is 12.1 Å². The highest BCUT2D eigenvalue weighted by molar-refractivity contribution is 6.34. The van der Waals surface area contributed by atoms with E-state index in [4.69, 9.17) is 23.2 Å². The molecule has 0 aliphatic heterocycles. The molecule has 0 aliphatic rings. The first kappa shape index (κ1) is 12.2. The van der Waals surface area contributed by atoms with Crippen LogP contribution >= 0.6 is 23.2 Å². The molecule has 5 heteroatoms. The molecule has 1 N–H and O–H groups in total. The van der Waals surface area contributed by atoms with Gasteiger partial charge in [0.1, 0.15) is 11.4 Å². The van der Waals surface area contributed by atoms with Crippen molar-refractivity contribution in [3.8, 4) is 17.0 Å². The zero-order chi connectivity index (χ0) is 13.4. The predicted molar refractivity (Wildman–Crippen MR) is 76.7 cm³/mol. The average Bonchev–Trinajstić information content (AvgIpc) is 2.43. The van der Waals surface area contributed by atoms with E-state index in [1.165, 1.54) is 6.07 Å². The van der Waals surface area contributed by atoms with E-state index in [0.29, 0.717) is 10.8 Å². The lowest BCUT2D eigenvalue weighted by atomic mass is 10.1. The third-order valence-corrected chi connectivity index (χ3v) is 3.45. The Balaban J connectivity index is 2.31. The maximum atomic E-state index is 9.46. The highest BCUT2D eigenvalue weighted by Crippen LogP contribution is 2.33. The summed E-state index contributed by atoms with van der Waals surface area (Å²) in [4.78, 5) is 0. The Morgan fingerprint density at radius 1 is 0.895 bits per heavy atom. The van der Waals surface area contributed by atoms with Gasteiger partial charge in [-0.15, -0.1) is 10.2 Å². The van der Waals surface area contributed by atoms with Gasteiger partial charge in [0, 0.05) is 16.3 Å². The molecule has 0 fully saturated rings. The van der Waals surface area contributed by atoms with Gasteiger partial charge in [0.15, 0.2) is 5.15 Å². The van der Waals surface area contributed by atoms with Gasteiger partial charge >= 0.3 is 0 Å². The lowest BCUT2D eigenvalue weighted by molar-refractivity contribution is 0.475. The van der Waals surface area contributed by atoms with Crippen molar-refractivity contribution in [1.29, 1.82) is 0 Å². The molecule has 1 heterocycles. The molecule has 0 atom stereocenters. The van der Waals surface area contributed by atoms with Crippen LogP contribution < -0.4 is 0 Å². The third kappa shape index (κ3) is 2.11. The molecule has 3 aromatic rings. The number of phenolic OH excluding ortho intramolecular Hbond substituents is 1. The average molecular weight is 291 g/mol. The van der Waals surface area contributed by atoms with Gasteiger partial charge in [-0.3, -0.25) is 0 Å². The molecule has 94 valence electrons. The van der Waals surface area contributed by atoms with Gasteiger partial charge in [0.2, 0.25) is 0 Å². The Bertz CT molecular complexity index is 774. The molecule has 0 radical (unpaired) electrons. The lowest BCUT2D eigenvalue weighted by Gasteiger charge is -2.07. The predicted octanol–water partition coefficient (Wildman–Crippen LogP) is 4.31. The first-order chi connectivity index (χ1) is 9.16. The monoisotopic (exact) mass is 290 g/mol. The maximum Gasteiger partial charge on any atom is 0.159 e. The van der Waals surface area contributed by atoms with Gasteiger partial charge in [-0.25, -0.2) is 0 Å². The van der Waals surface area contributed by atoms with Crippen molar-refractivity contribution in [1.82, 2.24) is 10.2 Å². The van der Waals surface area contributed by atoms with Gasteiger partial charge in [-0.05, 0) is 18.2 Å². The topological polar surface area (TPSA) is 46.0 Å². The second-order valence-corrected chi connectivity index (χ2v) is 4.82. The molecule has 3 rings (SSSR count). The number of hydrogen-bond acceptors (Lipinski definition) is 3. The van der Waals surface area contributed by atoms with Gasteiger partial charge in [0.05, 0.1) is 5.02 Å². The molecule has 3 nitrogen and oxygen atoms in total. The smallest absolute Gasteiger partial charge is 0.159 e. The summed E-state index contributed by atoms with van der Waals surface area (Å²) in [5.41, 5.74) is 1.46. The summed E-state index contributed by atoms with van der Waals surface area (Å²) in [6, 6.07) is 12.5. The summed E-state index contributed by atoms with van der Waals surface area (Å²) in [5, 5.41) is 19.9. The van der Waals surface area contributed by atoms with Gasteiger partial charge in [0.25, 0.3) is 0 Å². The normalized spacial score (nSPS) is 10.8. The first-order valence-corrected chi connectivity index (χ1v) is 6.32. The number of fused-ring (bicyclic) bond motifs is 1. The molecule has 19 heavy (non-hydrogen) atoms. The minimum atomic E-state index is 0.0386. The number of nitrogens with zero attached hydrogens (tertiary/aromatic N) is 2. The van der Waals surface area contributed by atoms with E-state index in [0.717, 1.165) is 16.3 Å². The molecular weight excluding hydrogens is 283 g/mol. The number of aromatic nitrogens is 2. The van der Waals surface area contributed by atoms with Crippen LogP contribution in [-0.2, 0) is 0 Å². The number of hydrogen-bond donors (Lipinski definition) is 1. The van der Waals surface area contributed by atoms with Crippen LogP contribution in [0.2, 0.25) is 10.2 Å². The zero-order valence-corrected chi connectivity index (χ0v) is 11.2. The second kappa shape index (κ2) is 4.68. The maximum absolute atomic E-state index is 9.46. The zero-order valence-electron chi connectivity index (χ0n) is 9.64. The largest absolute Gasteiger partial charge is 0.506 e. The molecule has 0 saturated heterocycles. The number of rotatable bonds is 1. The fraction of sp³-hybridized carbons (Fsp3) is 0. The minimum absolute atomic E-state index is 0.0386. The highest BCUT2D eigenvalue weighted by atomic mass is 35.5. The first-order valence-electron chi connectivity index (χ1n) is 5.56. The van der Waals surface area contributed by atoms with Crippen molar-refractivity contribution in [2.45, 2.75) is 0 Å². The van der Waals surface area contributed by atoms with Crippen LogP contribution in [0.3, 0.4) is 0 Å². The van der Waals surface area contributed by atoms with E-state index < -0.39 is 0 Å².